The molecule has 138 valence electrons. The molecule has 0 radical (unpaired) electrons. The van der Waals surface area contributed by atoms with Gasteiger partial charge in [0.1, 0.15) is 17.9 Å². The first-order valence-electron chi connectivity index (χ1n) is 9.00. The molecular weight excluding hydrogens is 344 g/mol. The summed E-state index contributed by atoms with van der Waals surface area (Å²) in [6.45, 7) is 2.25. The number of hydrogen-bond donors (Lipinski definition) is 1. The fourth-order valence-corrected chi connectivity index (χ4v) is 3.21. The quantitative estimate of drug-likeness (QED) is 0.729. The molecule has 3 aromatic rings. The van der Waals surface area contributed by atoms with E-state index in [9.17, 15) is 9.59 Å². The lowest BCUT2D eigenvalue weighted by Crippen LogP contribution is -2.34. The normalized spacial score (nSPS) is 13.9. The highest BCUT2D eigenvalue weighted by Crippen LogP contribution is 2.18. The van der Waals surface area contributed by atoms with Gasteiger partial charge in [0.15, 0.2) is 0 Å². The number of carbonyl (C=O) groups excluding carboxylic acids is 1. The van der Waals surface area contributed by atoms with Crippen LogP contribution in [0.1, 0.15) is 18.4 Å². The van der Waals surface area contributed by atoms with Crippen molar-refractivity contribution in [2.75, 3.05) is 18.0 Å². The highest BCUT2D eigenvalue weighted by Gasteiger charge is 2.14. The summed E-state index contributed by atoms with van der Waals surface area (Å²) in [5.41, 5.74) is 1.17. The molecule has 2 aromatic heterocycles. The average molecular weight is 364 g/mol. The lowest BCUT2D eigenvalue weighted by Gasteiger charge is -2.17. The topological polar surface area (TPSA) is 93.0 Å². The van der Waals surface area contributed by atoms with Crippen LogP contribution >= 0.6 is 0 Å². The van der Waals surface area contributed by atoms with Crippen LogP contribution in [-0.4, -0.2) is 39.0 Å². The van der Waals surface area contributed by atoms with Crippen molar-refractivity contribution in [3.63, 3.8) is 0 Å². The molecule has 1 saturated heterocycles. The van der Waals surface area contributed by atoms with Crippen molar-refractivity contribution in [2.45, 2.75) is 25.9 Å². The Labute approximate surface area is 155 Å². The molecule has 8 heteroatoms. The maximum absolute atomic E-state index is 12.4. The number of carbonyl (C=O) groups is 1. The summed E-state index contributed by atoms with van der Waals surface area (Å²) in [7, 11) is 0. The molecule has 1 aliphatic heterocycles. The van der Waals surface area contributed by atoms with Gasteiger partial charge in [-0.05, 0) is 42.7 Å². The number of hydrogen-bond acceptors (Lipinski definition) is 6. The van der Waals surface area contributed by atoms with Gasteiger partial charge in [-0.3, -0.25) is 9.59 Å². The molecule has 0 spiro atoms. The Balaban J connectivity index is 1.41. The first-order chi connectivity index (χ1) is 13.2. The van der Waals surface area contributed by atoms with Gasteiger partial charge in [-0.1, -0.05) is 17.3 Å². The zero-order valence-electron chi connectivity index (χ0n) is 14.8. The van der Waals surface area contributed by atoms with Crippen molar-refractivity contribution in [3.8, 4) is 0 Å². The third-order valence-electron chi connectivity index (χ3n) is 4.65. The lowest BCUT2D eigenvalue weighted by molar-refractivity contribution is -0.122. The largest absolute Gasteiger partial charge is 0.357 e. The number of nitrogens with one attached hydrogen (secondary N) is 1. The second kappa shape index (κ2) is 7.53. The van der Waals surface area contributed by atoms with Crippen molar-refractivity contribution in [1.82, 2.24) is 25.3 Å². The van der Waals surface area contributed by atoms with E-state index in [2.05, 4.69) is 25.5 Å². The number of fused-ring (bicyclic) bond motifs is 1. The molecule has 8 nitrogen and oxygen atoms in total. The number of pyridine rings is 1. The van der Waals surface area contributed by atoms with Gasteiger partial charge in [-0.25, -0.2) is 9.67 Å². The Kier molecular flexibility index (Phi) is 4.78. The molecule has 4 rings (SSSR count). The van der Waals surface area contributed by atoms with Gasteiger partial charge in [0.05, 0.1) is 5.39 Å². The summed E-state index contributed by atoms with van der Waals surface area (Å²) >= 11 is 0. The third-order valence-corrected chi connectivity index (χ3v) is 4.65. The zero-order valence-corrected chi connectivity index (χ0v) is 14.8. The summed E-state index contributed by atoms with van der Waals surface area (Å²) in [5, 5.41) is 11.1. The third kappa shape index (κ3) is 3.79. The van der Waals surface area contributed by atoms with Gasteiger partial charge in [0.25, 0.3) is 5.56 Å². The van der Waals surface area contributed by atoms with E-state index in [4.69, 9.17) is 0 Å². The number of amides is 1. The predicted molar refractivity (Wildman–Crippen MR) is 101 cm³/mol. The zero-order chi connectivity index (χ0) is 18.6. The summed E-state index contributed by atoms with van der Waals surface area (Å²) < 4.78 is 1.08. The minimum atomic E-state index is -0.323. The number of nitrogens with zero attached hydrogens (tertiary/aromatic N) is 5. The molecule has 1 aliphatic rings. The maximum Gasteiger partial charge on any atom is 0.278 e. The van der Waals surface area contributed by atoms with E-state index >= 15 is 0 Å². The SMILES string of the molecule is O=C(Cn1nnc2ccccc2c1=O)NCc1ccnc(N2CCCC2)c1. The Hall–Kier alpha value is -3.29. The molecule has 0 unspecified atom stereocenters. The van der Waals surface area contributed by atoms with Crippen LogP contribution in [0.2, 0.25) is 0 Å². The van der Waals surface area contributed by atoms with Crippen LogP contribution in [0.15, 0.2) is 47.4 Å². The first kappa shape index (κ1) is 17.1. The van der Waals surface area contributed by atoms with Gasteiger partial charge in [-0.2, -0.15) is 0 Å². The van der Waals surface area contributed by atoms with Gasteiger partial charge in [-0.15, -0.1) is 5.10 Å². The highest BCUT2D eigenvalue weighted by molar-refractivity contribution is 5.78. The van der Waals surface area contributed by atoms with Crippen molar-refractivity contribution in [2.24, 2.45) is 0 Å². The molecule has 1 fully saturated rings. The fourth-order valence-electron chi connectivity index (χ4n) is 3.21. The molecular formula is C19H20N6O2. The van der Waals surface area contributed by atoms with Crippen molar-refractivity contribution < 1.29 is 4.79 Å². The van der Waals surface area contributed by atoms with Crippen LogP contribution in [0.3, 0.4) is 0 Å². The summed E-state index contributed by atoms with van der Waals surface area (Å²) in [6.07, 6.45) is 4.13. The highest BCUT2D eigenvalue weighted by atomic mass is 16.2. The molecule has 0 saturated carbocycles. The van der Waals surface area contributed by atoms with Crippen LogP contribution in [0.4, 0.5) is 5.82 Å². The van der Waals surface area contributed by atoms with E-state index in [1.54, 1.807) is 30.5 Å². The van der Waals surface area contributed by atoms with Gasteiger partial charge in [0.2, 0.25) is 5.91 Å². The van der Waals surface area contributed by atoms with Gasteiger partial charge in [0, 0.05) is 25.8 Å². The molecule has 1 amide bonds. The maximum atomic E-state index is 12.4. The van der Waals surface area contributed by atoms with Crippen molar-refractivity contribution in [3.05, 3.63) is 58.5 Å². The summed E-state index contributed by atoms with van der Waals surface area (Å²) in [5.74, 6) is 0.650. The predicted octanol–water partition coefficient (Wildman–Crippen LogP) is 1.10. The Morgan fingerprint density at radius 1 is 1.15 bits per heavy atom. The van der Waals surface area contributed by atoms with E-state index in [-0.39, 0.29) is 18.0 Å². The van der Waals surface area contributed by atoms with E-state index in [0.717, 1.165) is 29.2 Å². The standard InChI is InChI=1S/C19H20N6O2/c26-18(13-25-19(27)15-5-1-2-6-16(15)22-23-25)21-12-14-7-8-20-17(11-14)24-9-3-4-10-24/h1-2,5-8,11H,3-4,9-10,12-13H2,(H,21,26). The molecule has 27 heavy (non-hydrogen) atoms. The smallest absolute Gasteiger partial charge is 0.278 e. The second-order valence-electron chi connectivity index (χ2n) is 6.56. The number of rotatable bonds is 5. The second-order valence-corrected chi connectivity index (χ2v) is 6.56. The number of anilines is 1. The molecule has 1 N–H and O–H groups in total. The molecule has 0 aliphatic carbocycles. The number of benzene rings is 1. The lowest BCUT2D eigenvalue weighted by atomic mass is 10.2. The van der Waals surface area contributed by atoms with Crippen molar-refractivity contribution in [1.29, 1.82) is 0 Å². The molecule has 1 aromatic carbocycles. The fraction of sp³-hybridized carbons (Fsp3) is 0.316. The molecule has 0 bridgehead atoms. The van der Waals surface area contributed by atoms with Gasteiger partial charge >= 0.3 is 0 Å². The summed E-state index contributed by atoms with van der Waals surface area (Å²) in [4.78, 5) is 31.3. The molecule has 0 atom stereocenters. The van der Waals surface area contributed by atoms with E-state index < -0.39 is 0 Å². The van der Waals surface area contributed by atoms with Crippen LogP contribution < -0.4 is 15.8 Å². The minimum absolute atomic E-state index is 0.166. The molecule has 3 heterocycles. The van der Waals surface area contributed by atoms with Crippen LogP contribution in [-0.2, 0) is 17.9 Å². The van der Waals surface area contributed by atoms with E-state index in [0.29, 0.717) is 17.4 Å². The van der Waals surface area contributed by atoms with Crippen LogP contribution in [0.5, 0.6) is 0 Å². The van der Waals surface area contributed by atoms with Crippen molar-refractivity contribution >= 4 is 22.6 Å². The van der Waals surface area contributed by atoms with E-state index in [1.165, 1.54) is 12.8 Å². The monoisotopic (exact) mass is 364 g/mol. The summed E-state index contributed by atoms with van der Waals surface area (Å²) in [6, 6.07) is 10.8. The van der Waals surface area contributed by atoms with E-state index in [1.807, 2.05) is 12.1 Å². The average Bonchev–Trinajstić information content (AvgIpc) is 3.24. The Morgan fingerprint density at radius 3 is 2.81 bits per heavy atom. The minimum Gasteiger partial charge on any atom is -0.357 e. The Morgan fingerprint density at radius 2 is 1.96 bits per heavy atom. The van der Waals surface area contributed by atoms with Crippen LogP contribution in [0.25, 0.3) is 10.9 Å². The number of aromatic nitrogens is 4. The van der Waals surface area contributed by atoms with Crippen LogP contribution in [0, 0.1) is 0 Å². The first-order valence-corrected chi connectivity index (χ1v) is 9.00. The Bertz CT molecular complexity index is 1030. The van der Waals surface area contributed by atoms with Gasteiger partial charge < -0.3 is 10.2 Å².